The average molecular weight is 417 g/mol. The smallest absolute Gasteiger partial charge is 0.284 e. The van der Waals surface area contributed by atoms with E-state index in [0.717, 1.165) is 10.6 Å². The molecule has 7 nitrogen and oxygen atoms in total. The zero-order chi connectivity index (χ0) is 19.7. The zero-order valence-electron chi connectivity index (χ0n) is 15.1. The highest BCUT2D eigenvalue weighted by Gasteiger charge is 2.25. The largest absolute Gasteiger partial charge is 0.361 e. The third-order valence-electron chi connectivity index (χ3n) is 4.44. The van der Waals surface area contributed by atoms with Crippen LogP contribution in [0.2, 0.25) is 5.02 Å². The Labute approximate surface area is 170 Å². The van der Waals surface area contributed by atoms with E-state index in [4.69, 9.17) is 16.1 Å². The van der Waals surface area contributed by atoms with Gasteiger partial charge >= 0.3 is 0 Å². The number of halogens is 1. The Bertz CT molecular complexity index is 1000. The van der Waals surface area contributed by atoms with Gasteiger partial charge in [-0.05, 0) is 31.2 Å². The van der Waals surface area contributed by atoms with Crippen LogP contribution in [0.15, 0.2) is 34.9 Å². The number of fused-ring (bicyclic) bond motifs is 1. The summed E-state index contributed by atoms with van der Waals surface area (Å²) in [6.45, 7) is 2.84. The van der Waals surface area contributed by atoms with Crippen LogP contribution in [0.1, 0.15) is 36.6 Å². The fourth-order valence-corrected chi connectivity index (χ4v) is 4.13. The third-order valence-corrected chi connectivity index (χ3v) is 5.84. The molecule has 9 heteroatoms. The first-order valence-corrected chi connectivity index (χ1v) is 9.97. The molecule has 1 aliphatic heterocycles. The van der Waals surface area contributed by atoms with Crippen LogP contribution in [0.3, 0.4) is 0 Å². The first kappa shape index (κ1) is 18.6. The maximum absolute atomic E-state index is 12.6. The summed E-state index contributed by atoms with van der Waals surface area (Å²) in [5, 5.41) is 7.66. The summed E-state index contributed by atoms with van der Waals surface area (Å²) in [5.74, 6) is 0.217. The van der Waals surface area contributed by atoms with Crippen molar-refractivity contribution in [1.29, 1.82) is 0 Å². The molecule has 0 bridgehead atoms. The first-order chi connectivity index (χ1) is 13.5. The van der Waals surface area contributed by atoms with Crippen LogP contribution in [-0.2, 0) is 12.8 Å². The predicted octanol–water partition coefficient (Wildman–Crippen LogP) is 3.59. The zero-order valence-corrected chi connectivity index (χ0v) is 16.6. The van der Waals surface area contributed by atoms with E-state index in [1.54, 1.807) is 42.2 Å². The molecule has 0 fully saturated rings. The number of rotatable bonds is 3. The monoisotopic (exact) mass is 416 g/mol. The summed E-state index contributed by atoms with van der Waals surface area (Å²) in [7, 11) is 0. The van der Waals surface area contributed by atoms with Crippen molar-refractivity contribution in [3.8, 4) is 0 Å². The molecule has 144 valence electrons. The third kappa shape index (κ3) is 3.93. The van der Waals surface area contributed by atoms with Crippen molar-refractivity contribution < 1.29 is 14.1 Å². The van der Waals surface area contributed by atoms with Gasteiger partial charge in [0.15, 0.2) is 10.7 Å². The van der Waals surface area contributed by atoms with Crippen molar-refractivity contribution in [1.82, 2.24) is 15.0 Å². The molecular formula is C19H17ClN4O3S. The van der Waals surface area contributed by atoms with Crippen LogP contribution < -0.4 is 5.32 Å². The van der Waals surface area contributed by atoms with Gasteiger partial charge in [0, 0.05) is 47.6 Å². The number of amides is 2. The minimum Gasteiger partial charge on any atom is -0.361 e. The molecular weight excluding hydrogens is 400 g/mol. The summed E-state index contributed by atoms with van der Waals surface area (Å²) in [6.07, 6.45) is 1.26. The Morgan fingerprint density at radius 2 is 1.96 bits per heavy atom. The molecule has 4 rings (SSSR count). The molecule has 3 aromatic rings. The number of hydrogen-bond acceptors (Lipinski definition) is 6. The maximum Gasteiger partial charge on any atom is 0.284 e. The number of carbonyl (C=O) groups excluding carboxylic acids is 2. The molecule has 0 saturated carbocycles. The Kier molecular flexibility index (Phi) is 5.15. The molecule has 0 spiro atoms. The fourth-order valence-electron chi connectivity index (χ4n) is 3.01. The summed E-state index contributed by atoms with van der Waals surface area (Å²) in [5.41, 5.74) is 1.86. The Morgan fingerprint density at radius 1 is 1.21 bits per heavy atom. The van der Waals surface area contributed by atoms with E-state index in [9.17, 15) is 9.59 Å². The number of hydrogen-bond donors (Lipinski definition) is 1. The average Bonchev–Trinajstić information content (AvgIpc) is 3.25. The van der Waals surface area contributed by atoms with E-state index in [0.29, 0.717) is 53.1 Å². The van der Waals surface area contributed by atoms with Crippen molar-refractivity contribution in [2.75, 3.05) is 18.4 Å². The number of aryl methyl sites for hydroxylation is 1. The normalized spacial score (nSPS) is 13.7. The van der Waals surface area contributed by atoms with Crippen molar-refractivity contribution in [3.05, 3.63) is 62.4 Å². The lowest BCUT2D eigenvalue weighted by Gasteiger charge is -2.18. The van der Waals surface area contributed by atoms with Crippen LogP contribution in [0, 0.1) is 6.92 Å². The van der Waals surface area contributed by atoms with E-state index in [-0.39, 0.29) is 11.8 Å². The first-order valence-electron chi connectivity index (χ1n) is 8.77. The number of benzene rings is 1. The number of aromatic nitrogens is 2. The van der Waals surface area contributed by atoms with Gasteiger partial charge in [0.1, 0.15) is 5.76 Å². The van der Waals surface area contributed by atoms with Gasteiger partial charge in [-0.2, -0.15) is 0 Å². The number of carbonyl (C=O) groups is 2. The molecule has 0 atom stereocenters. The number of thiazole rings is 1. The van der Waals surface area contributed by atoms with E-state index in [1.165, 1.54) is 11.3 Å². The summed E-state index contributed by atoms with van der Waals surface area (Å²) in [4.78, 5) is 32.3. The van der Waals surface area contributed by atoms with Crippen LogP contribution in [0.4, 0.5) is 5.69 Å². The quantitative estimate of drug-likeness (QED) is 0.704. The Morgan fingerprint density at radius 3 is 2.68 bits per heavy atom. The minimum atomic E-state index is -0.244. The van der Waals surface area contributed by atoms with Crippen molar-refractivity contribution in [2.45, 2.75) is 19.8 Å². The second kappa shape index (κ2) is 7.73. The molecule has 1 aliphatic rings. The standard InChI is InChI=1S/C19H17ClN4O3S/c1-11-10-15(23-27-11)19(26)24-8-6-14-16(7-9-24)28-18(22-14)17(25)21-13-4-2-12(20)3-5-13/h2-5,10H,6-9H2,1H3,(H,21,25). The van der Waals surface area contributed by atoms with Gasteiger partial charge in [-0.3, -0.25) is 9.59 Å². The maximum atomic E-state index is 12.6. The van der Waals surface area contributed by atoms with E-state index >= 15 is 0 Å². The molecule has 3 heterocycles. The highest BCUT2D eigenvalue weighted by Crippen LogP contribution is 2.25. The highest BCUT2D eigenvalue weighted by atomic mass is 35.5. The van der Waals surface area contributed by atoms with Gasteiger partial charge in [0.25, 0.3) is 11.8 Å². The Hall–Kier alpha value is -2.71. The molecule has 0 radical (unpaired) electrons. The van der Waals surface area contributed by atoms with E-state index in [1.807, 2.05) is 0 Å². The lowest BCUT2D eigenvalue weighted by atomic mass is 10.2. The van der Waals surface area contributed by atoms with E-state index in [2.05, 4.69) is 15.5 Å². The molecule has 0 aliphatic carbocycles. The second-order valence-corrected chi connectivity index (χ2v) is 7.98. The van der Waals surface area contributed by atoms with Gasteiger partial charge < -0.3 is 14.7 Å². The molecule has 28 heavy (non-hydrogen) atoms. The van der Waals surface area contributed by atoms with Gasteiger partial charge in [-0.15, -0.1) is 11.3 Å². The van der Waals surface area contributed by atoms with Crippen LogP contribution >= 0.6 is 22.9 Å². The van der Waals surface area contributed by atoms with Gasteiger partial charge in [-0.25, -0.2) is 4.98 Å². The van der Waals surface area contributed by atoms with Crippen molar-refractivity contribution in [2.24, 2.45) is 0 Å². The number of anilines is 1. The lowest BCUT2D eigenvalue weighted by molar-refractivity contribution is 0.0752. The SMILES string of the molecule is Cc1cc(C(=O)N2CCc3nc(C(=O)Nc4ccc(Cl)cc4)sc3CC2)no1. The van der Waals surface area contributed by atoms with Crippen LogP contribution in [0.5, 0.6) is 0 Å². The van der Waals surface area contributed by atoms with E-state index < -0.39 is 0 Å². The van der Waals surface area contributed by atoms with Gasteiger partial charge in [-0.1, -0.05) is 16.8 Å². The molecule has 0 unspecified atom stereocenters. The van der Waals surface area contributed by atoms with Crippen LogP contribution in [0.25, 0.3) is 0 Å². The Balaban J connectivity index is 1.43. The highest BCUT2D eigenvalue weighted by molar-refractivity contribution is 7.13. The van der Waals surface area contributed by atoms with Crippen molar-refractivity contribution in [3.63, 3.8) is 0 Å². The molecule has 2 amide bonds. The minimum absolute atomic E-state index is 0.146. The topological polar surface area (TPSA) is 88.3 Å². The molecule has 1 N–H and O–H groups in total. The van der Waals surface area contributed by atoms with Crippen LogP contribution in [-0.4, -0.2) is 39.9 Å². The summed E-state index contributed by atoms with van der Waals surface area (Å²) < 4.78 is 4.99. The summed E-state index contributed by atoms with van der Waals surface area (Å²) in [6, 6.07) is 8.56. The molecule has 2 aromatic heterocycles. The molecule has 0 saturated heterocycles. The number of nitrogens with one attached hydrogen (secondary N) is 1. The fraction of sp³-hybridized carbons (Fsp3) is 0.263. The van der Waals surface area contributed by atoms with Crippen molar-refractivity contribution >= 4 is 40.4 Å². The van der Waals surface area contributed by atoms with Gasteiger partial charge in [0.2, 0.25) is 0 Å². The number of nitrogens with zero attached hydrogens (tertiary/aromatic N) is 3. The predicted molar refractivity (Wildman–Crippen MR) is 106 cm³/mol. The summed E-state index contributed by atoms with van der Waals surface area (Å²) >= 11 is 7.24. The van der Waals surface area contributed by atoms with Gasteiger partial charge in [0.05, 0.1) is 5.69 Å². The lowest BCUT2D eigenvalue weighted by Crippen LogP contribution is -2.33. The second-order valence-electron chi connectivity index (χ2n) is 6.46. The molecule has 1 aromatic carbocycles.